The van der Waals surface area contributed by atoms with Crippen LogP contribution in [-0.2, 0) is 23.8 Å². The van der Waals surface area contributed by atoms with Crippen LogP contribution in [-0.4, -0.2) is 63.7 Å². The molecule has 1 aromatic rings. The van der Waals surface area contributed by atoms with Gasteiger partial charge >= 0.3 is 17.9 Å². The Morgan fingerprint density at radius 3 is 2.51 bits per heavy atom. The molecule has 35 heavy (non-hydrogen) atoms. The zero-order valence-electron chi connectivity index (χ0n) is 19.3. The Balaban J connectivity index is 1.64. The fourth-order valence-electron chi connectivity index (χ4n) is 5.38. The van der Waals surface area contributed by atoms with Gasteiger partial charge in [-0.05, 0) is 43.5 Å². The molecule has 2 saturated carbocycles. The minimum absolute atomic E-state index is 0.0255. The zero-order valence-corrected chi connectivity index (χ0v) is 19.3. The predicted molar refractivity (Wildman–Crippen MR) is 122 cm³/mol. The van der Waals surface area contributed by atoms with Gasteiger partial charge in [-0.2, -0.15) is 0 Å². The van der Waals surface area contributed by atoms with Crippen molar-refractivity contribution in [2.75, 3.05) is 6.61 Å². The minimum Gasteiger partial charge on any atom is -0.508 e. The van der Waals surface area contributed by atoms with Crippen LogP contribution >= 0.6 is 0 Å². The maximum atomic E-state index is 12.5. The van der Waals surface area contributed by atoms with Gasteiger partial charge in [0, 0.05) is 23.5 Å². The average Bonchev–Trinajstić information content (AvgIpc) is 3.20. The Kier molecular flexibility index (Phi) is 6.33. The van der Waals surface area contributed by atoms with E-state index in [-0.39, 0.29) is 35.3 Å². The standard InChI is InChI=1S/C26H28O9/c1-12(2)23(29)34-18-9-13(3)17-10-19(28)26(32,21(17)22-20(18)14(4)24(30)35-22)11-33-25(31)15-5-7-16(27)8-6-15/h5-8,17-22,27-28,32H,1,3-4,9-11H2,2H3. The highest BCUT2D eigenvalue weighted by Gasteiger charge is 2.65. The van der Waals surface area contributed by atoms with Crippen LogP contribution in [0.25, 0.3) is 0 Å². The summed E-state index contributed by atoms with van der Waals surface area (Å²) in [5.74, 6) is -4.29. The van der Waals surface area contributed by atoms with E-state index in [0.29, 0.717) is 5.57 Å². The van der Waals surface area contributed by atoms with Gasteiger partial charge in [0.15, 0.2) is 0 Å². The van der Waals surface area contributed by atoms with E-state index >= 15 is 0 Å². The molecule has 0 aromatic heterocycles. The quantitative estimate of drug-likeness (QED) is 0.247. The Morgan fingerprint density at radius 2 is 1.89 bits per heavy atom. The van der Waals surface area contributed by atoms with Crippen LogP contribution in [0, 0.1) is 17.8 Å². The number of benzene rings is 1. The van der Waals surface area contributed by atoms with Crippen molar-refractivity contribution < 1.29 is 43.9 Å². The van der Waals surface area contributed by atoms with Crippen LogP contribution in [0.2, 0.25) is 0 Å². The molecule has 0 radical (unpaired) electrons. The van der Waals surface area contributed by atoms with E-state index in [1.807, 2.05) is 0 Å². The molecule has 3 aliphatic rings. The maximum absolute atomic E-state index is 12.5. The number of rotatable bonds is 5. The zero-order chi connectivity index (χ0) is 25.7. The molecule has 1 aromatic carbocycles. The van der Waals surface area contributed by atoms with E-state index < -0.39 is 66.2 Å². The van der Waals surface area contributed by atoms with E-state index in [4.69, 9.17) is 14.2 Å². The average molecular weight is 485 g/mol. The highest BCUT2D eigenvalue weighted by atomic mass is 16.6. The molecule has 4 rings (SSSR count). The van der Waals surface area contributed by atoms with Crippen molar-refractivity contribution in [3.05, 3.63) is 66.3 Å². The predicted octanol–water partition coefficient (Wildman–Crippen LogP) is 1.82. The first kappa shape index (κ1) is 24.7. The Morgan fingerprint density at radius 1 is 1.23 bits per heavy atom. The molecule has 3 N–H and O–H groups in total. The summed E-state index contributed by atoms with van der Waals surface area (Å²) >= 11 is 0. The summed E-state index contributed by atoms with van der Waals surface area (Å²) in [4.78, 5) is 37.3. The first-order valence-electron chi connectivity index (χ1n) is 11.2. The molecular weight excluding hydrogens is 456 g/mol. The number of fused-ring (bicyclic) bond motifs is 3. The van der Waals surface area contributed by atoms with Gasteiger partial charge in [0.1, 0.15) is 30.2 Å². The van der Waals surface area contributed by atoms with Crippen molar-refractivity contribution in [1.82, 2.24) is 0 Å². The highest BCUT2D eigenvalue weighted by molar-refractivity contribution is 5.92. The Labute approximate surface area is 202 Å². The normalized spacial score (nSPS) is 33.9. The Hall–Kier alpha value is -3.43. The third-order valence-electron chi connectivity index (χ3n) is 7.21. The van der Waals surface area contributed by atoms with E-state index in [1.165, 1.54) is 31.2 Å². The summed E-state index contributed by atoms with van der Waals surface area (Å²) in [7, 11) is 0. The largest absolute Gasteiger partial charge is 0.508 e. The van der Waals surface area contributed by atoms with Crippen molar-refractivity contribution >= 4 is 17.9 Å². The molecule has 9 heteroatoms. The van der Waals surface area contributed by atoms with Crippen LogP contribution in [0.1, 0.15) is 30.1 Å². The molecule has 3 fully saturated rings. The van der Waals surface area contributed by atoms with E-state index in [1.54, 1.807) is 0 Å². The van der Waals surface area contributed by atoms with Crippen LogP contribution in [0.3, 0.4) is 0 Å². The SMILES string of the molecule is C=C(C)C(=O)OC1CC(=C)C2CC(O)C(O)(COC(=O)c3ccc(O)cc3)C2C2OC(=O)C(=C)C12. The number of carbonyl (C=O) groups excluding carboxylic acids is 3. The summed E-state index contributed by atoms with van der Waals surface area (Å²) in [5, 5.41) is 31.9. The second-order valence-corrected chi connectivity index (χ2v) is 9.51. The molecule has 0 amide bonds. The van der Waals surface area contributed by atoms with Crippen molar-refractivity contribution in [3.8, 4) is 5.75 Å². The van der Waals surface area contributed by atoms with E-state index in [0.717, 1.165) is 0 Å². The fourth-order valence-corrected chi connectivity index (χ4v) is 5.38. The molecule has 7 atom stereocenters. The number of phenolic OH excluding ortho intramolecular Hbond substituents is 1. The molecule has 1 aliphatic heterocycles. The van der Waals surface area contributed by atoms with Gasteiger partial charge in [0.05, 0.1) is 17.6 Å². The number of aliphatic hydroxyl groups is 2. The Bertz CT molecular complexity index is 1100. The van der Waals surface area contributed by atoms with E-state index in [9.17, 15) is 29.7 Å². The molecule has 0 spiro atoms. The lowest BCUT2D eigenvalue weighted by atomic mass is 9.76. The van der Waals surface area contributed by atoms with Gasteiger partial charge in [0.2, 0.25) is 0 Å². The fraction of sp³-hybridized carbons (Fsp3) is 0.423. The molecule has 186 valence electrons. The molecule has 1 heterocycles. The van der Waals surface area contributed by atoms with Crippen molar-refractivity contribution in [2.45, 2.75) is 43.7 Å². The van der Waals surface area contributed by atoms with Gasteiger partial charge in [0.25, 0.3) is 0 Å². The maximum Gasteiger partial charge on any atom is 0.338 e. The molecule has 2 aliphatic carbocycles. The van der Waals surface area contributed by atoms with Crippen LogP contribution in [0.4, 0.5) is 0 Å². The molecule has 1 saturated heterocycles. The smallest absolute Gasteiger partial charge is 0.338 e. The van der Waals surface area contributed by atoms with E-state index in [2.05, 4.69) is 19.7 Å². The number of aliphatic hydroxyl groups excluding tert-OH is 1. The highest BCUT2D eigenvalue weighted by Crippen LogP contribution is 2.55. The molecule has 7 unspecified atom stereocenters. The van der Waals surface area contributed by atoms with Crippen LogP contribution < -0.4 is 0 Å². The van der Waals surface area contributed by atoms with Crippen molar-refractivity contribution in [3.63, 3.8) is 0 Å². The van der Waals surface area contributed by atoms with Gasteiger partial charge in [-0.3, -0.25) is 0 Å². The molecule has 0 bridgehead atoms. The summed E-state index contributed by atoms with van der Waals surface area (Å²) in [6, 6.07) is 5.37. The summed E-state index contributed by atoms with van der Waals surface area (Å²) in [5.41, 5.74) is -0.951. The van der Waals surface area contributed by atoms with Crippen molar-refractivity contribution in [2.24, 2.45) is 17.8 Å². The van der Waals surface area contributed by atoms with Gasteiger partial charge in [-0.25, -0.2) is 14.4 Å². The van der Waals surface area contributed by atoms with Crippen LogP contribution in [0.5, 0.6) is 5.75 Å². The first-order valence-corrected chi connectivity index (χ1v) is 11.2. The lowest BCUT2D eigenvalue weighted by Gasteiger charge is -2.37. The summed E-state index contributed by atoms with van der Waals surface area (Å²) in [6.07, 6.45) is -2.86. The molecule has 9 nitrogen and oxygen atoms in total. The number of esters is 3. The number of phenols is 1. The topological polar surface area (TPSA) is 140 Å². The van der Waals surface area contributed by atoms with Crippen molar-refractivity contribution in [1.29, 1.82) is 0 Å². The monoisotopic (exact) mass is 484 g/mol. The number of ether oxygens (including phenoxy) is 3. The number of hydrogen-bond acceptors (Lipinski definition) is 9. The van der Waals surface area contributed by atoms with Gasteiger partial charge in [-0.1, -0.05) is 25.3 Å². The van der Waals surface area contributed by atoms with Gasteiger partial charge in [-0.15, -0.1) is 0 Å². The van der Waals surface area contributed by atoms with Crippen LogP contribution in [0.15, 0.2) is 60.7 Å². The second-order valence-electron chi connectivity index (χ2n) is 9.51. The first-order chi connectivity index (χ1) is 16.4. The number of carbonyl (C=O) groups is 3. The number of aromatic hydroxyl groups is 1. The third kappa shape index (κ3) is 4.26. The summed E-state index contributed by atoms with van der Waals surface area (Å²) in [6.45, 7) is 12.4. The lowest BCUT2D eigenvalue weighted by molar-refractivity contribution is -0.165. The number of hydrogen-bond donors (Lipinski definition) is 3. The van der Waals surface area contributed by atoms with Gasteiger partial charge < -0.3 is 29.5 Å². The molecular formula is C26H28O9. The lowest BCUT2D eigenvalue weighted by Crippen LogP contribution is -2.54. The third-order valence-corrected chi connectivity index (χ3v) is 7.21. The summed E-state index contributed by atoms with van der Waals surface area (Å²) < 4.78 is 16.6. The minimum atomic E-state index is -1.97. The second kappa shape index (κ2) is 8.98.